The smallest absolute Gasteiger partial charge is 0.255 e. The van der Waals surface area contributed by atoms with E-state index >= 15 is 0 Å². The number of alkyl halides is 2. The van der Waals surface area contributed by atoms with Gasteiger partial charge in [-0.1, -0.05) is 39.0 Å². The maximum absolute atomic E-state index is 12.3. The van der Waals surface area contributed by atoms with Gasteiger partial charge in [-0.25, -0.2) is 8.78 Å². The van der Waals surface area contributed by atoms with E-state index < -0.39 is 13.0 Å². The van der Waals surface area contributed by atoms with E-state index in [4.69, 9.17) is 5.73 Å². The molecule has 0 aliphatic rings. The third-order valence-corrected chi connectivity index (χ3v) is 2.85. The first-order chi connectivity index (χ1) is 8.61. The molecule has 0 aromatic carbocycles. The minimum Gasteiger partial charge on any atom is -0.336 e. The van der Waals surface area contributed by atoms with Crippen LogP contribution >= 0.6 is 0 Å². The quantitative estimate of drug-likeness (QED) is 0.583. The van der Waals surface area contributed by atoms with E-state index in [1.54, 1.807) is 0 Å². The van der Waals surface area contributed by atoms with Gasteiger partial charge in [0.05, 0.1) is 6.54 Å². The number of hydrogen-bond donors (Lipinski definition) is 1. The van der Waals surface area contributed by atoms with Gasteiger partial charge in [-0.2, -0.15) is 0 Å². The monoisotopic (exact) mass is 264 g/mol. The summed E-state index contributed by atoms with van der Waals surface area (Å²) in [6.45, 7) is 2.11. The lowest BCUT2D eigenvalue weighted by molar-refractivity contribution is -0.133. The Hall–Kier alpha value is -0.710. The average molecular weight is 264 g/mol. The van der Waals surface area contributed by atoms with Crippen LogP contribution < -0.4 is 5.73 Å². The largest absolute Gasteiger partial charge is 0.336 e. The minimum atomic E-state index is -2.48. The zero-order valence-corrected chi connectivity index (χ0v) is 11.3. The fraction of sp³-hybridized carbons (Fsp3) is 0.923. The Kier molecular flexibility index (Phi) is 10.9. The second kappa shape index (κ2) is 11.4. The minimum absolute atomic E-state index is 0.198. The van der Waals surface area contributed by atoms with Crippen LogP contribution in [-0.2, 0) is 4.79 Å². The highest BCUT2D eigenvalue weighted by Gasteiger charge is 2.16. The molecular weight excluding hydrogens is 238 g/mol. The van der Waals surface area contributed by atoms with E-state index in [-0.39, 0.29) is 19.0 Å². The molecule has 3 nitrogen and oxygen atoms in total. The van der Waals surface area contributed by atoms with Crippen LogP contribution in [0.5, 0.6) is 0 Å². The maximum atomic E-state index is 12.3. The van der Waals surface area contributed by atoms with Crippen molar-refractivity contribution in [3.05, 3.63) is 0 Å². The van der Waals surface area contributed by atoms with Crippen molar-refractivity contribution in [3.8, 4) is 0 Å². The highest BCUT2D eigenvalue weighted by molar-refractivity contribution is 5.76. The number of carbonyl (C=O) groups is 1. The summed E-state index contributed by atoms with van der Waals surface area (Å²) in [5, 5.41) is 0. The maximum Gasteiger partial charge on any atom is 0.255 e. The Labute approximate surface area is 109 Å². The molecule has 0 rings (SSSR count). The Morgan fingerprint density at radius 3 is 2.33 bits per heavy atom. The fourth-order valence-electron chi connectivity index (χ4n) is 1.85. The van der Waals surface area contributed by atoms with Crippen molar-refractivity contribution in [2.24, 2.45) is 5.73 Å². The topological polar surface area (TPSA) is 46.3 Å². The van der Waals surface area contributed by atoms with Crippen molar-refractivity contribution in [3.63, 3.8) is 0 Å². The molecule has 0 aliphatic carbocycles. The molecule has 0 aliphatic heterocycles. The summed E-state index contributed by atoms with van der Waals surface area (Å²) in [6.07, 6.45) is 4.38. The summed E-state index contributed by atoms with van der Waals surface area (Å²) in [7, 11) is 0. The normalized spacial score (nSPS) is 10.9. The van der Waals surface area contributed by atoms with Gasteiger partial charge in [-0.05, 0) is 6.42 Å². The second-order valence-electron chi connectivity index (χ2n) is 4.54. The molecular formula is C13H26F2N2O. The number of amides is 1. The summed E-state index contributed by atoms with van der Waals surface area (Å²) < 4.78 is 24.5. The number of nitrogens with zero attached hydrogens (tertiary/aromatic N) is 1. The highest BCUT2D eigenvalue weighted by Crippen LogP contribution is 2.09. The third kappa shape index (κ3) is 9.33. The van der Waals surface area contributed by atoms with Crippen LogP contribution in [0.4, 0.5) is 8.78 Å². The summed E-state index contributed by atoms with van der Waals surface area (Å²) in [4.78, 5) is 12.9. The molecule has 0 spiro atoms. The first-order valence-corrected chi connectivity index (χ1v) is 6.87. The van der Waals surface area contributed by atoms with E-state index in [1.807, 2.05) is 0 Å². The van der Waals surface area contributed by atoms with Crippen molar-refractivity contribution >= 4 is 5.91 Å². The van der Waals surface area contributed by atoms with Gasteiger partial charge >= 0.3 is 0 Å². The van der Waals surface area contributed by atoms with E-state index in [9.17, 15) is 13.6 Å². The van der Waals surface area contributed by atoms with Gasteiger partial charge in [0.1, 0.15) is 0 Å². The molecule has 2 N–H and O–H groups in total. The van der Waals surface area contributed by atoms with E-state index in [0.29, 0.717) is 6.42 Å². The molecule has 0 bridgehead atoms. The first-order valence-electron chi connectivity index (χ1n) is 6.87. The standard InChI is InChI=1S/C13H26F2N2O/c1-2-3-4-5-6-7-8-13(18)17(10-9-16)11-12(14)15/h12H,2-11,16H2,1H3. The third-order valence-electron chi connectivity index (χ3n) is 2.85. The van der Waals surface area contributed by atoms with E-state index in [0.717, 1.165) is 19.3 Å². The van der Waals surface area contributed by atoms with Crippen LogP contribution in [0.1, 0.15) is 51.9 Å². The van der Waals surface area contributed by atoms with Crippen molar-refractivity contribution in [2.45, 2.75) is 58.3 Å². The number of unbranched alkanes of at least 4 members (excludes halogenated alkanes) is 5. The Morgan fingerprint density at radius 1 is 1.17 bits per heavy atom. The SMILES string of the molecule is CCCCCCCCC(=O)N(CCN)CC(F)F. The fourth-order valence-corrected chi connectivity index (χ4v) is 1.85. The summed E-state index contributed by atoms with van der Waals surface area (Å²) in [6, 6.07) is 0. The number of rotatable bonds is 11. The van der Waals surface area contributed by atoms with Crippen LogP contribution in [0.2, 0.25) is 0 Å². The molecule has 0 atom stereocenters. The van der Waals surface area contributed by atoms with Gasteiger partial charge in [-0.15, -0.1) is 0 Å². The zero-order chi connectivity index (χ0) is 13.8. The Morgan fingerprint density at radius 2 is 1.78 bits per heavy atom. The van der Waals surface area contributed by atoms with Crippen LogP contribution in [0.25, 0.3) is 0 Å². The lowest BCUT2D eigenvalue weighted by atomic mass is 10.1. The second-order valence-corrected chi connectivity index (χ2v) is 4.54. The van der Waals surface area contributed by atoms with Crippen LogP contribution in [0.15, 0.2) is 0 Å². The molecule has 5 heteroatoms. The predicted octanol–water partition coefficient (Wildman–Crippen LogP) is 2.79. The lowest BCUT2D eigenvalue weighted by Crippen LogP contribution is -2.38. The average Bonchev–Trinajstić information content (AvgIpc) is 2.32. The number of hydrogen-bond acceptors (Lipinski definition) is 2. The van der Waals surface area contributed by atoms with Crippen LogP contribution in [0, 0.1) is 0 Å². The van der Waals surface area contributed by atoms with Gasteiger partial charge in [0.25, 0.3) is 6.43 Å². The molecule has 1 amide bonds. The number of carbonyl (C=O) groups excluding carboxylic acids is 1. The Balaban J connectivity index is 3.74. The molecule has 0 radical (unpaired) electrons. The molecule has 108 valence electrons. The van der Waals surface area contributed by atoms with Crippen molar-refractivity contribution in [1.29, 1.82) is 0 Å². The predicted molar refractivity (Wildman–Crippen MR) is 69.6 cm³/mol. The van der Waals surface area contributed by atoms with Gasteiger partial charge in [0.15, 0.2) is 0 Å². The highest BCUT2D eigenvalue weighted by atomic mass is 19.3. The van der Waals surface area contributed by atoms with Crippen LogP contribution in [-0.4, -0.2) is 36.9 Å². The molecule has 0 aromatic rings. The number of halogens is 2. The van der Waals surface area contributed by atoms with Crippen molar-refractivity contribution < 1.29 is 13.6 Å². The summed E-state index contributed by atoms with van der Waals surface area (Å²) >= 11 is 0. The molecule has 0 aromatic heterocycles. The van der Waals surface area contributed by atoms with Crippen molar-refractivity contribution in [1.82, 2.24) is 4.90 Å². The van der Waals surface area contributed by atoms with Gasteiger partial charge in [-0.3, -0.25) is 4.79 Å². The van der Waals surface area contributed by atoms with E-state index in [2.05, 4.69) is 6.92 Å². The molecule has 18 heavy (non-hydrogen) atoms. The number of nitrogens with two attached hydrogens (primary N) is 1. The molecule has 0 fully saturated rings. The van der Waals surface area contributed by atoms with E-state index in [1.165, 1.54) is 24.2 Å². The molecule has 0 heterocycles. The van der Waals surface area contributed by atoms with Gasteiger partial charge in [0.2, 0.25) is 5.91 Å². The molecule has 0 saturated heterocycles. The Bertz CT molecular complexity index is 213. The first kappa shape index (κ1) is 17.3. The van der Waals surface area contributed by atoms with Crippen LogP contribution in [0.3, 0.4) is 0 Å². The van der Waals surface area contributed by atoms with Gasteiger partial charge < -0.3 is 10.6 Å². The summed E-state index contributed by atoms with van der Waals surface area (Å²) in [5.41, 5.74) is 5.31. The summed E-state index contributed by atoms with van der Waals surface area (Å²) in [5.74, 6) is -0.198. The van der Waals surface area contributed by atoms with Gasteiger partial charge in [0, 0.05) is 19.5 Å². The lowest BCUT2D eigenvalue weighted by Gasteiger charge is -2.21. The zero-order valence-electron chi connectivity index (χ0n) is 11.3. The molecule has 0 unspecified atom stereocenters. The molecule has 0 saturated carbocycles. The van der Waals surface area contributed by atoms with Crippen molar-refractivity contribution in [2.75, 3.05) is 19.6 Å².